The second kappa shape index (κ2) is 9.98. The summed E-state index contributed by atoms with van der Waals surface area (Å²) < 4.78 is 0. The first-order chi connectivity index (χ1) is 15.0. The van der Waals surface area contributed by atoms with E-state index in [1.165, 1.54) is 57.3 Å². The van der Waals surface area contributed by atoms with Crippen molar-refractivity contribution in [3.8, 4) is 0 Å². The highest BCUT2D eigenvalue weighted by atomic mass is 35.5. The van der Waals surface area contributed by atoms with Crippen LogP contribution in [0.4, 0.5) is 5.69 Å². The number of rotatable bonds is 5. The van der Waals surface area contributed by atoms with E-state index in [1.54, 1.807) is 24.3 Å². The van der Waals surface area contributed by atoms with Gasteiger partial charge in [0.25, 0.3) is 11.8 Å². The SMILES string of the molecule is O=C(NCC1CCCN2CCCCC12)c1ccc(NC(=O)c2nc(Cl)ccc2Cl)cc1. The van der Waals surface area contributed by atoms with Crippen molar-refractivity contribution < 1.29 is 9.59 Å². The summed E-state index contributed by atoms with van der Waals surface area (Å²) in [5, 5.41) is 6.24. The summed E-state index contributed by atoms with van der Waals surface area (Å²) in [7, 11) is 0. The van der Waals surface area contributed by atoms with Crippen molar-refractivity contribution in [1.82, 2.24) is 15.2 Å². The number of carbonyl (C=O) groups is 2. The first kappa shape index (κ1) is 22.1. The molecule has 2 N–H and O–H groups in total. The molecule has 1 aromatic carbocycles. The summed E-state index contributed by atoms with van der Waals surface area (Å²) in [6.07, 6.45) is 6.19. The molecule has 0 bridgehead atoms. The van der Waals surface area contributed by atoms with Crippen molar-refractivity contribution in [2.45, 2.75) is 38.1 Å². The van der Waals surface area contributed by atoms with Gasteiger partial charge in [0.05, 0.1) is 5.02 Å². The largest absolute Gasteiger partial charge is 0.352 e. The number of carbonyl (C=O) groups excluding carboxylic acids is 2. The molecule has 1 aromatic heterocycles. The summed E-state index contributed by atoms with van der Waals surface area (Å²) >= 11 is 11.9. The number of anilines is 1. The standard InChI is InChI=1S/C23H26Cl2N4O2/c24-18-10-11-20(25)28-21(18)23(31)27-17-8-6-15(7-9-17)22(30)26-14-16-4-3-13-29-12-2-1-5-19(16)29/h6-11,16,19H,1-5,12-14H2,(H,26,30)(H,27,31). The summed E-state index contributed by atoms with van der Waals surface area (Å²) in [5.74, 6) is -0.0316. The summed E-state index contributed by atoms with van der Waals surface area (Å²) in [6.45, 7) is 3.09. The Morgan fingerprint density at radius 1 is 0.968 bits per heavy atom. The van der Waals surface area contributed by atoms with Gasteiger partial charge in [0.2, 0.25) is 0 Å². The number of nitrogens with one attached hydrogen (secondary N) is 2. The highest BCUT2D eigenvalue weighted by Crippen LogP contribution is 2.30. The lowest BCUT2D eigenvalue weighted by molar-refractivity contribution is 0.0575. The Morgan fingerprint density at radius 2 is 1.74 bits per heavy atom. The van der Waals surface area contributed by atoms with Gasteiger partial charge in [0.15, 0.2) is 0 Å². The summed E-state index contributed by atoms with van der Waals surface area (Å²) in [5.41, 5.74) is 1.16. The zero-order valence-corrected chi connectivity index (χ0v) is 18.8. The lowest BCUT2D eigenvalue weighted by Crippen LogP contribution is -2.51. The average Bonchev–Trinajstić information content (AvgIpc) is 2.79. The second-order valence-electron chi connectivity index (χ2n) is 8.21. The number of hydrogen-bond acceptors (Lipinski definition) is 4. The molecule has 2 unspecified atom stereocenters. The third kappa shape index (κ3) is 5.37. The number of fused-ring (bicyclic) bond motifs is 1. The molecule has 4 rings (SSSR count). The van der Waals surface area contributed by atoms with E-state index in [0.717, 1.165) is 0 Å². The molecule has 6 nitrogen and oxygen atoms in total. The van der Waals surface area contributed by atoms with Crippen molar-refractivity contribution >= 4 is 40.7 Å². The van der Waals surface area contributed by atoms with Gasteiger partial charge in [-0.25, -0.2) is 4.98 Å². The molecular formula is C23H26Cl2N4O2. The van der Waals surface area contributed by atoms with Crippen LogP contribution in [-0.4, -0.2) is 47.4 Å². The fraction of sp³-hybridized carbons (Fsp3) is 0.435. The molecule has 164 valence electrons. The predicted octanol–water partition coefficient (Wildman–Crippen LogP) is 4.64. The van der Waals surface area contributed by atoms with Crippen LogP contribution in [0, 0.1) is 5.92 Å². The van der Waals surface area contributed by atoms with Gasteiger partial charge in [-0.2, -0.15) is 0 Å². The lowest BCUT2D eigenvalue weighted by atomic mass is 9.83. The number of nitrogens with zero attached hydrogens (tertiary/aromatic N) is 2. The summed E-state index contributed by atoms with van der Waals surface area (Å²) in [4.78, 5) is 31.6. The molecule has 31 heavy (non-hydrogen) atoms. The van der Waals surface area contributed by atoms with Crippen LogP contribution in [-0.2, 0) is 0 Å². The van der Waals surface area contributed by atoms with Gasteiger partial charge in [-0.1, -0.05) is 29.6 Å². The molecule has 2 fully saturated rings. The third-order valence-electron chi connectivity index (χ3n) is 6.19. The number of piperidine rings is 2. The maximum Gasteiger partial charge on any atom is 0.275 e. The van der Waals surface area contributed by atoms with Gasteiger partial charge in [-0.05, 0) is 81.1 Å². The van der Waals surface area contributed by atoms with Crippen molar-refractivity contribution in [3.05, 3.63) is 57.8 Å². The van der Waals surface area contributed by atoms with Gasteiger partial charge >= 0.3 is 0 Å². The van der Waals surface area contributed by atoms with Crippen molar-refractivity contribution in [1.29, 1.82) is 0 Å². The Morgan fingerprint density at radius 3 is 2.55 bits per heavy atom. The minimum absolute atomic E-state index is 0.0558. The third-order valence-corrected chi connectivity index (χ3v) is 6.70. The maximum atomic E-state index is 12.6. The highest BCUT2D eigenvalue weighted by Gasteiger charge is 2.32. The zero-order valence-electron chi connectivity index (χ0n) is 17.2. The maximum absolute atomic E-state index is 12.6. The van der Waals surface area contributed by atoms with Crippen molar-refractivity contribution in [2.24, 2.45) is 5.92 Å². The van der Waals surface area contributed by atoms with Crippen LogP contribution in [0.5, 0.6) is 0 Å². The molecule has 8 heteroatoms. The number of benzene rings is 1. The van der Waals surface area contributed by atoms with Gasteiger partial charge in [-0.3, -0.25) is 9.59 Å². The molecule has 2 amide bonds. The normalized spacial score (nSPS) is 21.2. The number of amides is 2. The minimum Gasteiger partial charge on any atom is -0.352 e. The first-order valence-corrected chi connectivity index (χ1v) is 11.5. The lowest BCUT2D eigenvalue weighted by Gasteiger charge is -2.44. The Balaban J connectivity index is 1.33. The van der Waals surface area contributed by atoms with Crippen LogP contribution < -0.4 is 10.6 Å². The Kier molecular flexibility index (Phi) is 7.10. The smallest absolute Gasteiger partial charge is 0.275 e. The molecule has 3 heterocycles. The fourth-order valence-electron chi connectivity index (χ4n) is 4.61. The quantitative estimate of drug-likeness (QED) is 0.637. The second-order valence-corrected chi connectivity index (χ2v) is 9.00. The van der Waals surface area contributed by atoms with Gasteiger partial charge < -0.3 is 15.5 Å². The molecule has 0 spiro atoms. The van der Waals surface area contributed by atoms with Crippen LogP contribution in [0.15, 0.2) is 36.4 Å². The van der Waals surface area contributed by atoms with E-state index in [4.69, 9.17) is 23.2 Å². The molecule has 2 aliphatic rings. The van der Waals surface area contributed by atoms with E-state index in [0.29, 0.717) is 29.8 Å². The molecule has 0 aliphatic carbocycles. The van der Waals surface area contributed by atoms with E-state index in [9.17, 15) is 9.59 Å². The van der Waals surface area contributed by atoms with Crippen molar-refractivity contribution in [3.63, 3.8) is 0 Å². The number of halogens is 2. The van der Waals surface area contributed by atoms with Crippen LogP contribution in [0.25, 0.3) is 0 Å². The molecule has 2 saturated heterocycles. The zero-order chi connectivity index (χ0) is 21.8. The van der Waals surface area contributed by atoms with E-state index in [1.807, 2.05) is 0 Å². The van der Waals surface area contributed by atoms with E-state index in [-0.39, 0.29) is 21.8 Å². The van der Waals surface area contributed by atoms with Crippen LogP contribution in [0.3, 0.4) is 0 Å². The Bertz CT molecular complexity index is 949. The van der Waals surface area contributed by atoms with E-state index >= 15 is 0 Å². The minimum atomic E-state index is -0.459. The van der Waals surface area contributed by atoms with Crippen LogP contribution >= 0.6 is 23.2 Å². The molecule has 2 aromatic rings. The van der Waals surface area contributed by atoms with Crippen molar-refractivity contribution in [2.75, 3.05) is 25.0 Å². The Labute approximate surface area is 192 Å². The Hall–Kier alpha value is -2.15. The number of aromatic nitrogens is 1. The molecular weight excluding hydrogens is 435 g/mol. The van der Waals surface area contributed by atoms with Crippen LogP contribution in [0.2, 0.25) is 10.2 Å². The molecule has 2 atom stereocenters. The highest BCUT2D eigenvalue weighted by molar-refractivity contribution is 6.35. The molecule has 2 aliphatic heterocycles. The van der Waals surface area contributed by atoms with E-state index < -0.39 is 5.91 Å². The fourth-order valence-corrected chi connectivity index (χ4v) is 4.95. The molecule has 0 radical (unpaired) electrons. The number of pyridine rings is 1. The first-order valence-electron chi connectivity index (χ1n) is 10.8. The van der Waals surface area contributed by atoms with Crippen LogP contribution in [0.1, 0.15) is 53.0 Å². The monoisotopic (exact) mass is 460 g/mol. The van der Waals surface area contributed by atoms with Gasteiger partial charge in [0, 0.05) is 23.8 Å². The predicted molar refractivity (Wildman–Crippen MR) is 123 cm³/mol. The summed E-state index contributed by atoms with van der Waals surface area (Å²) in [6, 6.07) is 10.4. The average molecular weight is 461 g/mol. The molecule has 0 saturated carbocycles. The number of hydrogen-bond donors (Lipinski definition) is 2. The van der Waals surface area contributed by atoms with E-state index in [2.05, 4.69) is 20.5 Å². The van der Waals surface area contributed by atoms with Gasteiger partial charge in [0.1, 0.15) is 10.8 Å². The topological polar surface area (TPSA) is 74.3 Å². The van der Waals surface area contributed by atoms with Gasteiger partial charge in [-0.15, -0.1) is 0 Å².